The predicted octanol–water partition coefficient (Wildman–Crippen LogP) is 5.40. The van der Waals surface area contributed by atoms with Gasteiger partial charge in [-0.25, -0.2) is 0 Å². The van der Waals surface area contributed by atoms with Crippen LogP contribution in [0.2, 0.25) is 0 Å². The zero-order valence-corrected chi connectivity index (χ0v) is 29.1. The van der Waals surface area contributed by atoms with Crippen LogP contribution in [0.5, 0.6) is 0 Å². The molecule has 2 aromatic carbocycles. The van der Waals surface area contributed by atoms with E-state index in [0.717, 1.165) is 47.3 Å². The van der Waals surface area contributed by atoms with Crippen molar-refractivity contribution in [3.8, 4) is 11.1 Å². The third-order valence-corrected chi connectivity index (χ3v) is 12.2. The molecule has 11 rings (SSSR count). The van der Waals surface area contributed by atoms with Gasteiger partial charge < -0.3 is 35.1 Å². The number of anilines is 2. The molecule has 8 aliphatic carbocycles. The maximum Gasteiger partial charge on any atom is 2.00 e. The second-order valence-corrected chi connectivity index (χ2v) is 15.3. The van der Waals surface area contributed by atoms with Crippen molar-refractivity contribution in [3.63, 3.8) is 0 Å². The fourth-order valence-electron chi connectivity index (χ4n) is 11.1. The Hall–Kier alpha value is -2.82. The molecule has 0 unspecified atom stereocenters. The fourth-order valence-corrected chi connectivity index (χ4v) is 11.1. The molecule has 1 aliphatic heterocycles. The van der Waals surface area contributed by atoms with E-state index in [2.05, 4.69) is 65.0 Å². The quantitative estimate of drug-likeness (QED) is 0.297. The van der Waals surface area contributed by atoms with Crippen LogP contribution in [-0.2, 0) is 30.0 Å². The van der Waals surface area contributed by atoms with E-state index in [1.807, 2.05) is 0 Å². The van der Waals surface area contributed by atoms with Crippen LogP contribution in [0.25, 0.3) is 11.1 Å². The van der Waals surface area contributed by atoms with E-state index < -0.39 is 24.3 Å². The average Bonchev–Trinajstić information content (AvgIpc) is 3.15. The van der Waals surface area contributed by atoms with E-state index in [9.17, 15) is 26.3 Å². The minimum Gasteiger partial charge on any atom is -0.542 e. The summed E-state index contributed by atoms with van der Waals surface area (Å²) in [5, 5.41) is 17.6. The number of carboxylic acid groups (broad SMARTS) is 2. The van der Waals surface area contributed by atoms with E-state index in [-0.39, 0.29) is 25.9 Å². The van der Waals surface area contributed by atoms with Crippen LogP contribution in [0.4, 0.5) is 37.7 Å². The third-order valence-electron chi connectivity index (χ3n) is 12.2. The van der Waals surface area contributed by atoms with Gasteiger partial charge in [0.2, 0.25) is 6.67 Å². The van der Waals surface area contributed by atoms with Crippen molar-refractivity contribution in [2.45, 2.75) is 88.6 Å². The molecule has 51 heavy (non-hydrogen) atoms. The molecule has 0 saturated heterocycles. The van der Waals surface area contributed by atoms with Gasteiger partial charge in [-0.2, -0.15) is 26.3 Å². The Morgan fingerprint density at radius 3 is 1.06 bits per heavy atom. The number of carboxylic acids is 2. The standard InChI is InChI=1S/C33H38N2.2C2HF3O2.H2O.Pd/c1-3-7-30-28(5-1)29-6-2-4-8-31(29)35(33-26-15-22-10-23(17-26)18-27(33)16-22)19-34(30)32-24-11-20-9-21(13-24)14-25(32)12-20;2*3-2(4,5)1(6)7;;/h1-8,20-27,32-33H,9-18H2;2*(H,6,7);1H2;/q;;;;+2/p-2. The Balaban J connectivity index is 0.000000271. The second kappa shape index (κ2) is 14.9. The molecule has 0 amide bonds. The van der Waals surface area contributed by atoms with Gasteiger partial charge in [-0.1, -0.05) is 36.4 Å². The molecule has 8 bridgehead atoms. The maximum absolute atomic E-state index is 10.5. The first-order valence-corrected chi connectivity index (χ1v) is 17.3. The van der Waals surface area contributed by atoms with Crippen molar-refractivity contribution in [2.24, 2.45) is 47.3 Å². The number of nitrogens with zero attached hydrogens (tertiary/aromatic N) is 2. The number of carbonyl (C=O) groups excluding carboxylic acids is 2. The molecule has 0 spiro atoms. The van der Waals surface area contributed by atoms with E-state index in [1.165, 1.54) is 86.7 Å². The molecule has 9 aliphatic rings. The average molecular weight is 813 g/mol. The van der Waals surface area contributed by atoms with Gasteiger partial charge in [-0.3, -0.25) is 0 Å². The summed E-state index contributed by atoms with van der Waals surface area (Å²) in [5.74, 6) is 1.44. The Labute approximate surface area is 306 Å². The summed E-state index contributed by atoms with van der Waals surface area (Å²) >= 11 is 0. The first kappa shape index (κ1) is 39.4. The minimum atomic E-state index is -5.19. The number of alkyl halides is 6. The molecule has 1 heterocycles. The van der Waals surface area contributed by atoms with Gasteiger partial charge in [-0.15, -0.1) is 0 Å². The molecule has 280 valence electrons. The van der Waals surface area contributed by atoms with Crippen LogP contribution in [0.3, 0.4) is 0 Å². The van der Waals surface area contributed by atoms with E-state index >= 15 is 0 Å². The topological polar surface area (TPSA) is 118 Å². The predicted molar refractivity (Wildman–Crippen MR) is 167 cm³/mol. The zero-order chi connectivity index (χ0) is 34.8. The van der Waals surface area contributed by atoms with Crippen molar-refractivity contribution in [1.29, 1.82) is 0 Å². The van der Waals surface area contributed by atoms with Crippen LogP contribution >= 0.6 is 0 Å². The molecule has 2 aromatic rings. The smallest absolute Gasteiger partial charge is 0.542 e. The van der Waals surface area contributed by atoms with E-state index in [4.69, 9.17) is 19.8 Å². The van der Waals surface area contributed by atoms with Crippen LogP contribution in [0, 0.1) is 54.0 Å². The molecule has 8 fully saturated rings. The minimum absolute atomic E-state index is 0. The van der Waals surface area contributed by atoms with E-state index in [0.29, 0.717) is 12.1 Å². The molecule has 0 aromatic heterocycles. The van der Waals surface area contributed by atoms with Crippen molar-refractivity contribution >= 4 is 23.3 Å². The number of rotatable bonds is 2. The van der Waals surface area contributed by atoms with E-state index in [1.54, 1.807) is 0 Å². The SMILES string of the molecule is O.O=C([O-])C(F)(F)F.O=C([O-])C(F)(F)F.[C]1N(C2C3CC4CC(C3)CC2C4)c2ccccc2-c2ccccc2N1C1C2CC3CC(C2)CC1C3.[Pd+2]. The number of hydrogen-bond acceptors (Lipinski definition) is 6. The molecule has 2 radical (unpaired) electrons. The summed E-state index contributed by atoms with van der Waals surface area (Å²) in [5.41, 5.74) is 5.69. The summed E-state index contributed by atoms with van der Waals surface area (Å²) in [4.78, 5) is 23.0. The molecule has 2 N–H and O–H groups in total. The number of halogens is 6. The van der Waals surface area contributed by atoms with Crippen LogP contribution in [0.1, 0.15) is 64.2 Å². The van der Waals surface area contributed by atoms with Gasteiger partial charge in [0.25, 0.3) is 0 Å². The van der Waals surface area contributed by atoms with Gasteiger partial charge in [0, 0.05) is 34.6 Å². The number of carbonyl (C=O) groups is 2. The molecule has 0 atom stereocenters. The van der Waals surface area contributed by atoms with Gasteiger partial charge in [0.05, 0.1) is 0 Å². The summed E-state index contributed by atoms with van der Waals surface area (Å²) in [7, 11) is 0. The van der Waals surface area contributed by atoms with Crippen LogP contribution < -0.4 is 20.0 Å². The number of aliphatic carboxylic acids is 2. The number of benzene rings is 2. The Morgan fingerprint density at radius 1 is 0.549 bits per heavy atom. The van der Waals surface area contributed by atoms with Crippen molar-refractivity contribution in [1.82, 2.24) is 0 Å². The largest absolute Gasteiger partial charge is 2.00 e. The fraction of sp³-hybridized carbons (Fsp3) is 0.595. The summed E-state index contributed by atoms with van der Waals surface area (Å²) in [6.45, 7) is 4.25. The van der Waals surface area contributed by atoms with Crippen molar-refractivity contribution < 1.29 is 72.0 Å². The van der Waals surface area contributed by atoms with Gasteiger partial charge in [0.15, 0.2) is 0 Å². The molecule has 14 heteroatoms. The first-order chi connectivity index (χ1) is 23.2. The Kier molecular flexibility index (Phi) is 11.5. The molecular formula is C37H40F6N2O5Pd. The summed E-state index contributed by atoms with van der Waals surface area (Å²) < 4.78 is 63.1. The number of para-hydroxylation sites is 2. The van der Waals surface area contributed by atoms with Crippen LogP contribution in [0.15, 0.2) is 48.5 Å². The number of hydrogen-bond donors (Lipinski definition) is 0. The zero-order valence-electron chi connectivity index (χ0n) is 27.6. The van der Waals surface area contributed by atoms with Gasteiger partial charge >= 0.3 is 32.8 Å². The first-order valence-electron chi connectivity index (χ1n) is 17.3. The second-order valence-electron chi connectivity index (χ2n) is 15.3. The summed E-state index contributed by atoms with van der Waals surface area (Å²) in [6, 6.07) is 19.9. The van der Waals surface area contributed by atoms with Gasteiger partial charge in [-0.05, 0) is 124 Å². The van der Waals surface area contributed by atoms with Crippen LogP contribution in [-0.4, -0.2) is 41.9 Å². The van der Waals surface area contributed by atoms with Gasteiger partial charge in [0.1, 0.15) is 11.9 Å². The third kappa shape index (κ3) is 7.79. The molecular weight excluding hydrogens is 773 g/mol. The Morgan fingerprint density at radius 2 is 0.804 bits per heavy atom. The maximum atomic E-state index is 10.5. The molecule has 8 saturated carbocycles. The van der Waals surface area contributed by atoms with Crippen molar-refractivity contribution in [3.05, 3.63) is 55.2 Å². The normalized spacial score (nSPS) is 33.5. The van der Waals surface area contributed by atoms with Crippen molar-refractivity contribution in [2.75, 3.05) is 9.80 Å². The Bertz CT molecular complexity index is 1400. The number of fused-ring (bicyclic) bond motifs is 3. The summed E-state index contributed by atoms with van der Waals surface area (Å²) in [6.07, 6.45) is 4.35. The monoisotopic (exact) mass is 812 g/mol. The molecule has 7 nitrogen and oxygen atoms in total.